The van der Waals surface area contributed by atoms with Gasteiger partial charge in [0.25, 0.3) is 0 Å². The molecular weight excluding hydrogens is 364 g/mol. The summed E-state index contributed by atoms with van der Waals surface area (Å²) in [5.41, 5.74) is 1.98. The highest BCUT2D eigenvalue weighted by atomic mass is 28.3. The van der Waals surface area contributed by atoms with Gasteiger partial charge in [0.1, 0.15) is 13.8 Å². The summed E-state index contributed by atoms with van der Waals surface area (Å²) in [6.45, 7) is 13.5. The molecule has 0 N–H and O–H groups in total. The van der Waals surface area contributed by atoms with Crippen molar-refractivity contribution in [3.63, 3.8) is 0 Å². The van der Waals surface area contributed by atoms with Gasteiger partial charge < -0.3 is 9.47 Å². The topological polar surface area (TPSA) is 35.5 Å². The Balaban J connectivity index is 2.09. The minimum Gasteiger partial charge on any atom is -0.493 e. The number of rotatable bonds is 8. The van der Waals surface area contributed by atoms with Crippen LogP contribution in [0.5, 0.6) is 5.75 Å². The van der Waals surface area contributed by atoms with Crippen molar-refractivity contribution in [2.45, 2.75) is 53.6 Å². The van der Waals surface area contributed by atoms with Gasteiger partial charge in [-0.25, -0.2) is 0 Å². The largest absolute Gasteiger partial charge is 0.493 e. The average Bonchev–Trinajstić information content (AvgIpc) is 2.67. The Morgan fingerprint density at radius 1 is 1.04 bits per heavy atom. The molecule has 0 radical (unpaired) electrons. The molecule has 0 fully saturated rings. The molecule has 2 aromatic rings. The zero-order valence-electron chi connectivity index (χ0n) is 18.4. The average molecular weight is 399 g/mol. The van der Waals surface area contributed by atoms with E-state index in [1.54, 1.807) is 0 Å². The molecular formula is C24H34O3Si. The monoisotopic (exact) mass is 398 g/mol. The van der Waals surface area contributed by atoms with Crippen molar-refractivity contribution >= 4 is 24.4 Å². The number of ether oxygens (including phenoxy) is 2. The molecule has 0 bridgehead atoms. The second-order valence-electron chi connectivity index (χ2n) is 8.75. The Kier molecular flexibility index (Phi) is 7.10. The Bertz CT molecular complexity index is 810. The quantitative estimate of drug-likeness (QED) is 0.373. The first-order chi connectivity index (χ1) is 13.1. The summed E-state index contributed by atoms with van der Waals surface area (Å²) in [5.74, 6) is 0.770. The summed E-state index contributed by atoms with van der Waals surface area (Å²) >= 11 is 0. The van der Waals surface area contributed by atoms with E-state index >= 15 is 0 Å². The molecule has 0 atom stereocenters. The van der Waals surface area contributed by atoms with Gasteiger partial charge in [-0.1, -0.05) is 59.9 Å². The maximum Gasteiger partial charge on any atom is 0.311 e. The molecule has 0 saturated heterocycles. The molecule has 0 aromatic heterocycles. The third kappa shape index (κ3) is 5.05. The van der Waals surface area contributed by atoms with Crippen molar-refractivity contribution < 1.29 is 14.3 Å². The minimum absolute atomic E-state index is 0.169. The SMILES string of the molecule is COC(=O)C(C)(C)CCCOc1cc(C)c([Si](C)(C)c2ccccc2)cc1C. The van der Waals surface area contributed by atoms with Gasteiger partial charge in [-0.2, -0.15) is 0 Å². The zero-order valence-corrected chi connectivity index (χ0v) is 19.4. The van der Waals surface area contributed by atoms with Crippen LogP contribution in [0.15, 0.2) is 42.5 Å². The highest BCUT2D eigenvalue weighted by Gasteiger charge is 2.29. The van der Waals surface area contributed by atoms with Crippen LogP contribution in [0.2, 0.25) is 13.1 Å². The van der Waals surface area contributed by atoms with Crippen LogP contribution in [0.4, 0.5) is 0 Å². The molecule has 0 unspecified atom stereocenters. The lowest BCUT2D eigenvalue weighted by Gasteiger charge is -2.27. The van der Waals surface area contributed by atoms with Crippen LogP contribution in [0, 0.1) is 19.3 Å². The Morgan fingerprint density at radius 3 is 2.29 bits per heavy atom. The molecule has 3 nitrogen and oxygen atoms in total. The molecule has 0 aliphatic rings. The summed E-state index contributed by atoms with van der Waals surface area (Å²) in [6.07, 6.45) is 1.55. The van der Waals surface area contributed by atoms with Gasteiger partial charge in [0, 0.05) is 0 Å². The van der Waals surface area contributed by atoms with Crippen LogP contribution in [0.3, 0.4) is 0 Å². The van der Waals surface area contributed by atoms with Crippen LogP contribution in [0.25, 0.3) is 0 Å². The lowest BCUT2D eigenvalue weighted by atomic mass is 9.88. The fourth-order valence-electron chi connectivity index (χ4n) is 3.70. The molecule has 152 valence electrons. The van der Waals surface area contributed by atoms with Crippen molar-refractivity contribution in [3.8, 4) is 5.75 Å². The summed E-state index contributed by atoms with van der Waals surface area (Å²) in [6, 6.07) is 15.3. The molecule has 0 aliphatic carbocycles. The van der Waals surface area contributed by atoms with Crippen molar-refractivity contribution in [1.29, 1.82) is 0 Å². The first-order valence-corrected chi connectivity index (χ1v) is 13.0. The van der Waals surface area contributed by atoms with Crippen LogP contribution < -0.4 is 15.1 Å². The van der Waals surface area contributed by atoms with Crippen molar-refractivity contribution in [2.24, 2.45) is 5.41 Å². The van der Waals surface area contributed by atoms with E-state index < -0.39 is 13.5 Å². The number of carbonyl (C=O) groups excluding carboxylic acids is 1. The van der Waals surface area contributed by atoms with Crippen molar-refractivity contribution in [2.75, 3.05) is 13.7 Å². The van der Waals surface area contributed by atoms with E-state index in [9.17, 15) is 4.79 Å². The number of carbonyl (C=O) groups is 1. The van der Waals surface area contributed by atoms with Gasteiger partial charge in [0.15, 0.2) is 0 Å². The maximum atomic E-state index is 11.8. The third-order valence-electron chi connectivity index (χ3n) is 5.63. The van der Waals surface area contributed by atoms with E-state index in [0.717, 1.165) is 18.6 Å². The Hall–Kier alpha value is -2.07. The highest BCUT2D eigenvalue weighted by Crippen LogP contribution is 2.25. The van der Waals surface area contributed by atoms with E-state index in [1.807, 2.05) is 13.8 Å². The Morgan fingerprint density at radius 2 is 1.68 bits per heavy atom. The molecule has 0 aliphatic heterocycles. The first kappa shape index (κ1) is 22.2. The fourth-order valence-corrected chi connectivity index (χ4v) is 6.68. The fraction of sp³-hybridized carbons (Fsp3) is 0.458. The lowest BCUT2D eigenvalue weighted by Crippen LogP contribution is -2.53. The first-order valence-electron chi connectivity index (χ1n) is 9.98. The Labute approximate surface area is 171 Å². The second kappa shape index (κ2) is 8.95. The van der Waals surface area contributed by atoms with Gasteiger partial charge in [-0.15, -0.1) is 0 Å². The van der Waals surface area contributed by atoms with E-state index in [-0.39, 0.29) is 5.97 Å². The van der Waals surface area contributed by atoms with E-state index in [0.29, 0.717) is 6.61 Å². The summed E-state index contributed by atoms with van der Waals surface area (Å²) in [5, 5.41) is 2.89. The zero-order chi connectivity index (χ0) is 20.9. The number of hydrogen-bond acceptors (Lipinski definition) is 3. The molecule has 0 amide bonds. The normalized spacial score (nSPS) is 12.0. The van der Waals surface area contributed by atoms with Gasteiger partial charge in [-0.3, -0.25) is 4.79 Å². The van der Waals surface area contributed by atoms with Crippen LogP contribution >= 0.6 is 0 Å². The van der Waals surface area contributed by atoms with Gasteiger partial charge in [-0.05, 0) is 57.7 Å². The summed E-state index contributed by atoms with van der Waals surface area (Å²) in [7, 11) is -0.302. The van der Waals surface area contributed by atoms with E-state index in [1.165, 1.54) is 28.6 Å². The van der Waals surface area contributed by atoms with E-state index in [2.05, 4.69) is 69.4 Å². The minimum atomic E-state index is -1.74. The van der Waals surface area contributed by atoms with Crippen LogP contribution in [-0.4, -0.2) is 27.8 Å². The molecule has 0 heterocycles. The number of methoxy groups -OCH3 is 1. The third-order valence-corrected chi connectivity index (χ3v) is 9.29. The molecule has 2 rings (SSSR count). The van der Waals surface area contributed by atoms with Crippen LogP contribution in [-0.2, 0) is 9.53 Å². The van der Waals surface area contributed by atoms with Crippen molar-refractivity contribution in [3.05, 3.63) is 53.6 Å². The van der Waals surface area contributed by atoms with Gasteiger partial charge >= 0.3 is 5.97 Å². The van der Waals surface area contributed by atoms with Crippen molar-refractivity contribution in [1.82, 2.24) is 0 Å². The molecule has 4 heteroatoms. The highest BCUT2D eigenvalue weighted by molar-refractivity contribution is 7.00. The lowest BCUT2D eigenvalue weighted by molar-refractivity contribution is -0.151. The second-order valence-corrected chi connectivity index (χ2v) is 13.1. The molecule has 28 heavy (non-hydrogen) atoms. The standard InChI is InChI=1S/C24H34O3Si/c1-18-17-22(28(6,7)20-12-9-8-10-13-20)19(2)16-21(18)27-15-11-14-24(3,4)23(25)26-5/h8-10,12-13,16-17H,11,14-15H2,1-7H3. The number of esters is 1. The smallest absolute Gasteiger partial charge is 0.311 e. The van der Waals surface area contributed by atoms with Crippen LogP contribution in [0.1, 0.15) is 37.8 Å². The summed E-state index contributed by atoms with van der Waals surface area (Å²) in [4.78, 5) is 11.8. The maximum absolute atomic E-state index is 11.8. The molecule has 0 spiro atoms. The predicted octanol–water partition coefficient (Wildman–Crippen LogP) is 4.48. The molecule has 0 saturated carbocycles. The predicted molar refractivity (Wildman–Crippen MR) is 120 cm³/mol. The number of aryl methyl sites for hydroxylation is 2. The summed E-state index contributed by atoms with van der Waals surface area (Å²) < 4.78 is 10.9. The van der Waals surface area contributed by atoms with E-state index in [4.69, 9.17) is 9.47 Å². The molecule has 2 aromatic carbocycles. The number of hydrogen-bond donors (Lipinski definition) is 0. The van der Waals surface area contributed by atoms with Gasteiger partial charge in [0.2, 0.25) is 0 Å². The number of benzene rings is 2. The van der Waals surface area contributed by atoms with Gasteiger partial charge in [0.05, 0.1) is 19.1 Å².